The van der Waals surface area contributed by atoms with E-state index in [2.05, 4.69) is 0 Å². The third kappa shape index (κ3) is 4.43. The molecule has 1 saturated carbocycles. The number of aromatic carboxylic acids is 1. The minimum atomic E-state index is -1.39. The van der Waals surface area contributed by atoms with Gasteiger partial charge in [0.2, 0.25) is 0 Å². The van der Waals surface area contributed by atoms with Crippen LogP contribution in [0.15, 0.2) is 30.3 Å². The number of carbonyl (C=O) groups is 4. The molecule has 7 nitrogen and oxygen atoms in total. The Kier molecular flexibility index (Phi) is 6.79. The molecule has 1 N–H and O–H groups in total. The highest BCUT2D eigenvalue weighted by molar-refractivity contribution is 6.27. The van der Waals surface area contributed by atoms with E-state index in [9.17, 15) is 24.3 Å². The number of carboxylic acids is 1. The fourth-order valence-corrected chi connectivity index (χ4v) is 4.62. The van der Waals surface area contributed by atoms with E-state index in [4.69, 9.17) is 4.74 Å². The summed E-state index contributed by atoms with van der Waals surface area (Å²) in [7, 11) is 1.56. The van der Waals surface area contributed by atoms with Crippen LogP contribution in [0.3, 0.4) is 0 Å². The molecule has 0 aliphatic heterocycles. The standard InChI is InChI=1S/C25H29NO6/c1-15-19(23(29)21-17(27)13-25(2,3)14-18(21)28)20(16-9-6-5-7-10-16)22(24(30)31)26(15)11-8-12-32-4/h5-7,9-10,21H,8,11-14H2,1-4H3,(H,30,31). The quantitative estimate of drug-likeness (QED) is 0.379. The highest BCUT2D eigenvalue weighted by atomic mass is 16.5. The third-order valence-electron chi connectivity index (χ3n) is 5.98. The molecule has 1 aliphatic carbocycles. The van der Waals surface area contributed by atoms with Crippen LogP contribution in [0.4, 0.5) is 0 Å². The molecule has 1 aromatic carbocycles. The van der Waals surface area contributed by atoms with Gasteiger partial charge in [-0.05, 0) is 24.3 Å². The molecule has 7 heteroatoms. The molecule has 3 rings (SSSR count). The Morgan fingerprint density at radius 3 is 2.25 bits per heavy atom. The van der Waals surface area contributed by atoms with Gasteiger partial charge in [0.1, 0.15) is 11.6 Å². The number of benzene rings is 1. The van der Waals surface area contributed by atoms with Gasteiger partial charge in [-0.3, -0.25) is 14.4 Å². The van der Waals surface area contributed by atoms with Crippen molar-refractivity contribution in [2.24, 2.45) is 11.3 Å². The molecule has 0 radical (unpaired) electrons. The van der Waals surface area contributed by atoms with Crippen molar-refractivity contribution in [3.8, 4) is 11.1 Å². The molecule has 0 spiro atoms. The number of ether oxygens (including phenoxy) is 1. The van der Waals surface area contributed by atoms with Crippen LogP contribution in [0.1, 0.15) is 59.7 Å². The van der Waals surface area contributed by atoms with E-state index in [1.54, 1.807) is 48.9 Å². The SMILES string of the molecule is COCCCn1c(C)c(C(=O)C2C(=O)CC(C)(C)CC2=O)c(-c2ccccc2)c1C(=O)O. The number of hydrogen-bond donors (Lipinski definition) is 1. The zero-order chi connectivity index (χ0) is 23.6. The first kappa shape index (κ1) is 23.6. The molecule has 170 valence electrons. The Hall–Kier alpha value is -3.06. The van der Waals surface area contributed by atoms with E-state index in [0.29, 0.717) is 30.8 Å². The number of Topliss-reactive ketones (excluding diaryl/α,β-unsaturated/α-hetero) is 3. The van der Waals surface area contributed by atoms with Crippen molar-refractivity contribution in [2.75, 3.05) is 13.7 Å². The van der Waals surface area contributed by atoms with Crippen LogP contribution in [-0.4, -0.2) is 46.7 Å². The highest BCUT2D eigenvalue weighted by Gasteiger charge is 2.45. The lowest BCUT2D eigenvalue weighted by molar-refractivity contribution is -0.137. The fraction of sp³-hybridized carbons (Fsp3) is 0.440. The van der Waals surface area contributed by atoms with Crippen molar-refractivity contribution >= 4 is 23.3 Å². The summed E-state index contributed by atoms with van der Waals surface area (Å²) in [6.07, 6.45) is 0.814. The molecule has 2 aromatic rings. The summed E-state index contributed by atoms with van der Waals surface area (Å²) in [5.41, 5.74) is 0.872. The summed E-state index contributed by atoms with van der Waals surface area (Å²) in [4.78, 5) is 51.7. The third-order valence-corrected chi connectivity index (χ3v) is 5.98. The van der Waals surface area contributed by atoms with Gasteiger partial charge in [0.05, 0.1) is 0 Å². The summed E-state index contributed by atoms with van der Waals surface area (Å²) in [5.74, 6) is -3.98. The van der Waals surface area contributed by atoms with Gasteiger partial charge < -0.3 is 14.4 Å². The minimum absolute atomic E-state index is 0.0239. The predicted molar refractivity (Wildman–Crippen MR) is 119 cm³/mol. The van der Waals surface area contributed by atoms with E-state index in [0.717, 1.165) is 0 Å². The second-order valence-corrected chi connectivity index (χ2v) is 9.10. The fourth-order valence-electron chi connectivity index (χ4n) is 4.62. The van der Waals surface area contributed by atoms with Crippen LogP contribution in [0.5, 0.6) is 0 Å². The Labute approximate surface area is 187 Å². The van der Waals surface area contributed by atoms with E-state index >= 15 is 0 Å². The van der Waals surface area contributed by atoms with Gasteiger partial charge >= 0.3 is 5.97 Å². The first-order chi connectivity index (χ1) is 15.1. The van der Waals surface area contributed by atoms with Crippen LogP contribution in [0, 0.1) is 18.3 Å². The van der Waals surface area contributed by atoms with Gasteiger partial charge in [-0.1, -0.05) is 44.2 Å². The second kappa shape index (κ2) is 9.20. The van der Waals surface area contributed by atoms with Crippen LogP contribution in [0.25, 0.3) is 11.1 Å². The number of nitrogens with zero attached hydrogens (tertiary/aromatic N) is 1. The molecule has 0 bridgehead atoms. The van der Waals surface area contributed by atoms with Crippen LogP contribution < -0.4 is 0 Å². The molecular weight excluding hydrogens is 410 g/mol. The average Bonchev–Trinajstić information content (AvgIpc) is 3.00. The first-order valence-electron chi connectivity index (χ1n) is 10.7. The van der Waals surface area contributed by atoms with Crippen LogP contribution in [-0.2, 0) is 20.9 Å². The Morgan fingerprint density at radius 1 is 1.12 bits per heavy atom. The lowest BCUT2D eigenvalue weighted by Gasteiger charge is -2.31. The number of hydrogen-bond acceptors (Lipinski definition) is 5. The Bertz CT molecular complexity index is 1040. The smallest absolute Gasteiger partial charge is 0.353 e. The maximum Gasteiger partial charge on any atom is 0.353 e. The molecule has 0 amide bonds. The van der Waals surface area contributed by atoms with Crippen LogP contribution in [0.2, 0.25) is 0 Å². The lowest BCUT2D eigenvalue weighted by Crippen LogP contribution is -2.42. The molecular formula is C25H29NO6. The van der Waals surface area contributed by atoms with E-state index in [1.807, 2.05) is 13.8 Å². The minimum Gasteiger partial charge on any atom is -0.477 e. The maximum atomic E-state index is 13.7. The molecule has 0 unspecified atom stereocenters. The summed E-state index contributed by atoms with van der Waals surface area (Å²) < 4.78 is 6.68. The van der Waals surface area contributed by atoms with Crippen molar-refractivity contribution in [3.63, 3.8) is 0 Å². The van der Waals surface area contributed by atoms with Gasteiger partial charge in [-0.15, -0.1) is 0 Å². The molecule has 1 aromatic heterocycles. The van der Waals surface area contributed by atoms with Gasteiger partial charge in [0.25, 0.3) is 0 Å². The van der Waals surface area contributed by atoms with E-state index in [1.165, 1.54) is 0 Å². The molecule has 1 fully saturated rings. The topological polar surface area (TPSA) is 103 Å². The van der Waals surface area contributed by atoms with E-state index in [-0.39, 0.29) is 29.7 Å². The van der Waals surface area contributed by atoms with Crippen molar-refractivity contribution in [2.45, 2.75) is 46.6 Å². The lowest BCUT2D eigenvalue weighted by atomic mass is 9.69. The average molecular weight is 440 g/mol. The van der Waals surface area contributed by atoms with Crippen molar-refractivity contribution < 1.29 is 29.0 Å². The molecule has 0 saturated heterocycles. The van der Waals surface area contributed by atoms with Crippen molar-refractivity contribution in [1.82, 2.24) is 4.57 Å². The molecule has 1 aliphatic rings. The van der Waals surface area contributed by atoms with Gasteiger partial charge in [0.15, 0.2) is 17.3 Å². The molecule has 1 heterocycles. The normalized spacial score (nSPS) is 16.4. The molecule has 32 heavy (non-hydrogen) atoms. The summed E-state index contributed by atoms with van der Waals surface area (Å²) >= 11 is 0. The second-order valence-electron chi connectivity index (χ2n) is 9.10. The van der Waals surface area contributed by atoms with E-state index < -0.39 is 34.7 Å². The summed E-state index contributed by atoms with van der Waals surface area (Å²) in [6, 6.07) is 8.76. The number of methoxy groups -OCH3 is 1. The number of carboxylic acid groups (broad SMARTS) is 1. The predicted octanol–water partition coefficient (Wildman–Crippen LogP) is 3.96. The summed E-state index contributed by atoms with van der Waals surface area (Å²) in [6.45, 7) is 6.09. The largest absolute Gasteiger partial charge is 0.477 e. The Balaban J connectivity index is 2.21. The van der Waals surface area contributed by atoms with Crippen molar-refractivity contribution in [1.29, 1.82) is 0 Å². The first-order valence-corrected chi connectivity index (χ1v) is 10.7. The highest BCUT2D eigenvalue weighted by Crippen LogP contribution is 2.39. The number of rotatable bonds is 8. The zero-order valence-corrected chi connectivity index (χ0v) is 18.9. The Morgan fingerprint density at radius 2 is 1.72 bits per heavy atom. The molecule has 0 atom stereocenters. The van der Waals surface area contributed by atoms with Crippen LogP contribution >= 0.6 is 0 Å². The van der Waals surface area contributed by atoms with Gasteiger partial charge in [-0.25, -0.2) is 4.79 Å². The number of aromatic nitrogens is 1. The van der Waals surface area contributed by atoms with Gasteiger partial charge in [0, 0.05) is 49.9 Å². The maximum absolute atomic E-state index is 13.7. The number of ketones is 3. The monoisotopic (exact) mass is 439 g/mol. The number of carbonyl (C=O) groups excluding carboxylic acids is 3. The summed E-state index contributed by atoms with van der Waals surface area (Å²) in [5, 5.41) is 10.1. The zero-order valence-electron chi connectivity index (χ0n) is 18.9. The van der Waals surface area contributed by atoms with Crippen molar-refractivity contribution in [3.05, 3.63) is 47.3 Å². The van der Waals surface area contributed by atoms with Gasteiger partial charge in [-0.2, -0.15) is 0 Å².